The zero-order valence-corrected chi connectivity index (χ0v) is 11.4. The molecule has 1 aromatic heterocycles. The zero-order chi connectivity index (χ0) is 15.4. The Hall–Kier alpha value is -2.06. The SMILES string of the molecule is CCC(C=O)Nc1nc(=O)n([C@H]2C=C[C@@H](CO)O2)cc1F. The second-order valence-electron chi connectivity index (χ2n) is 4.56. The Morgan fingerprint density at radius 1 is 1.62 bits per heavy atom. The van der Waals surface area contributed by atoms with Gasteiger partial charge in [0.05, 0.1) is 18.8 Å². The number of ether oxygens (including phenoxy) is 1. The zero-order valence-electron chi connectivity index (χ0n) is 11.4. The number of nitrogens with zero attached hydrogens (tertiary/aromatic N) is 2. The van der Waals surface area contributed by atoms with E-state index in [1.165, 1.54) is 6.08 Å². The van der Waals surface area contributed by atoms with Crippen LogP contribution in [0.1, 0.15) is 19.6 Å². The van der Waals surface area contributed by atoms with Gasteiger partial charge in [0.2, 0.25) is 0 Å². The lowest BCUT2D eigenvalue weighted by molar-refractivity contribution is -0.108. The molecular formula is C13H16FN3O4. The third-order valence-corrected chi connectivity index (χ3v) is 3.09. The molecule has 3 atom stereocenters. The summed E-state index contributed by atoms with van der Waals surface area (Å²) in [6.07, 6.45) is 3.82. The minimum Gasteiger partial charge on any atom is -0.393 e. The average Bonchev–Trinajstić information content (AvgIpc) is 2.96. The van der Waals surface area contributed by atoms with Crippen LogP contribution < -0.4 is 11.0 Å². The molecule has 0 radical (unpaired) electrons. The Morgan fingerprint density at radius 2 is 2.38 bits per heavy atom. The number of aliphatic hydroxyl groups excluding tert-OH is 1. The summed E-state index contributed by atoms with van der Waals surface area (Å²) >= 11 is 0. The van der Waals surface area contributed by atoms with Crippen molar-refractivity contribution in [2.45, 2.75) is 31.7 Å². The van der Waals surface area contributed by atoms with E-state index in [1.54, 1.807) is 13.0 Å². The van der Waals surface area contributed by atoms with Crippen molar-refractivity contribution in [1.29, 1.82) is 0 Å². The van der Waals surface area contributed by atoms with E-state index in [9.17, 15) is 14.0 Å². The number of hydrogen-bond donors (Lipinski definition) is 2. The second kappa shape index (κ2) is 6.59. The van der Waals surface area contributed by atoms with Gasteiger partial charge in [-0.15, -0.1) is 0 Å². The minimum absolute atomic E-state index is 0.227. The van der Waals surface area contributed by atoms with Crippen molar-refractivity contribution in [3.8, 4) is 0 Å². The highest BCUT2D eigenvalue weighted by Gasteiger charge is 2.22. The molecule has 1 aliphatic rings. The van der Waals surface area contributed by atoms with E-state index >= 15 is 0 Å². The van der Waals surface area contributed by atoms with Crippen molar-refractivity contribution >= 4 is 12.1 Å². The van der Waals surface area contributed by atoms with Gasteiger partial charge in [-0.2, -0.15) is 4.98 Å². The van der Waals surface area contributed by atoms with Gasteiger partial charge >= 0.3 is 5.69 Å². The largest absolute Gasteiger partial charge is 0.393 e. The van der Waals surface area contributed by atoms with Gasteiger partial charge in [-0.1, -0.05) is 13.0 Å². The number of hydrogen-bond acceptors (Lipinski definition) is 6. The quantitative estimate of drug-likeness (QED) is 0.576. The molecule has 0 fully saturated rings. The van der Waals surface area contributed by atoms with Crippen LogP contribution in [0.15, 0.2) is 23.1 Å². The number of nitrogens with one attached hydrogen (secondary N) is 1. The average molecular weight is 297 g/mol. The van der Waals surface area contributed by atoms with Gasteiger partial charge in [-0.05, 0) is 12.5 Å². The summed E-state index contributed by atoms with van der Waals surface area (Å²) in [5.41, 5.74) is -0.715. The standard InChI is InChI=1S/C13H16FN3O4/c1-2-8(6-18)15-12-10(14)5-17(13(20)16-12)11-4-3-9(7-19)21-11/h3-6,8-9,11,19H,2,7H2,1H3,(H,15,16,20)/t8?,9-,11+/m0/s1. The molecule has 1 aliphatic heterocycles. The summed E-state index contributed by atoms with van der Waals surface area (Å²) in [6.45, 7) is 1.52. The summed E-state index contributed by atoms with van der Waals surface area (Å²) < 4.78 is 20.3. The van der Waals surface area contributed by atoms with E-state index in [0.29, 0.717) is 12.7 Å². The number of carbonyl (C=O) groups is 1. The summed E-state index contributed by atoms with van der Waals surface area (Å²) in [4.78, 5) is 26.2. The van der Waals surface area contributed by atoms with Gasteiger partial charge in [0.1, 0.15) is 12.4 Å². The van der Waals surface area contributed by atoms with Crippen LogP contribution in [-0.4, -0.2) is 39.7 Å². The van der Waals surface area contributed by atoms with E-state index in [4.69, 9.17) is 9.84 Å². The van der Waals surface area contributed by atoms with E-state index in [-0.39, 0.29) is 12.4 Å². The molecule has 0 amide bonds. The Bertz CT molecular complexity index is 602. The molecule has 0 saturated heterocycles. The van der Waals surface area contributed by atoms with Gasteiger partial charge in [-0.25, -0.2) is 9.18 Å². The van der Waals surface area contributed by atoms with Crippen molar-refractivity contribution in [1.82, 2.24) is 9.55 Å². The van der Waals surface area contributed by atoms with Crippen LogP contribution in [0.25, 0.3) is 0 Å². The molecule has 0 spiro atoms. The Balaban J connectivity index is 2.24. The first-order valence-electron chi connectivity index (χ1n) is 6.54. The molecule has 0 bridgehead atoms. The summed E-state index contributed by atoms with van der Waals surface area (Å²) in [7, 11) is 0. The number of carbonyl (C=O) groups excluding carboxylic acids is 1. The number of aldehydes is 1. The number of anilines is 1. The molecule has 114 valence electrons. The first-order chi connectivity index (χ1) is 10.1. The third-order valence-electron chi connectivity index (χ3n) is 3.09. The number of rotatable bonds is 6. The van der Waals surface area contributed by atoms with Crippen molar-refractivity contribution in [2.75, 3.05) is 11.9 Å². The van der Waals surface area contributed by atoms with Gasteiger partial charge in [0, 0.05) is 0 Å². The predicted octanol–water partition coefficient (Wildman–Crippen LogP) is 0.218. The smallest absolute Gasteiger partial charge is 0.352 e. The van der Waals surface area contributed by atoms with Crippen LogP contribution >= 0.6 is 0 Å². The highest BCUT2D eigenvalue weighted by atomic mass is 19.1. The Kier molecular flexibility index (Phi) is 4.81. The predicted molar refractivity (Wildman–Crippen MR) is 72.4 cm³/mol. The number of aromatic nitrogens is 2. The molecule has 0 aromatic carbocycles. The molecule has 1 aromatic rings. The van der Waals surface area contributed by atoms with Gasteiger partial charge < -0.3 is 20.0 Å². The second-order valence-corrected chi connectivity index (χ2v) is 4.56. The van der Waals surface area contributed by atoms with Crippen LogP contribution in [0, 0.1) is 5.82 Å². The van der Waals surface area contributed by atoms with Crippen molar-refractivity contribution in [3.05, 3.63) is 34.7 Å². The molecule has 21 heavy (non-hydrogen) atoms. The summed E-state index contributed by atoms with van der Waals surface area (Å²) in [5.74, 6) is -1.03. The van der Waals surface area contributed by atoms with Gasteiger partial charge in [-0.3, -0.25) is 4.57 Å². The summed E-state index contributed by atoms with van der Waals surface area (Å²) in [5, 5.41) is 11.5. The maximum atomic E-state index is 14.0. The van der Waals surface area contributed by atoms with Crippen LogP contribution in [0.4, 0.5) is 10.2 Å². The molecule has 2 rings (SSSR count). The lowest BCUT2D eigenvalue weighted by Crippen LogP contribution is -2.31. The van der Waals surface area contributed by atoms with Crippen molar-refractivity contribution in [3.63, 3.8) is 0 Å². The monoisotopic (exact) mass is 297 g/mol. The van der Waals surface area contributed by atoms with E-state index in [2.05, 4.69) is 10.3 Å². The fourth-order valence-corrected chi connectivity index (χ4v) is 1.89. The van der Waals surface area contributed by atoms with E-state index in [1.807, 2.05) is 0 Å². The molecule has 0 aliphatic carbocycles. The minimum atomic E-state index is -0.807. The maximum Gasteiger partial charge on any atom is 0.352 e. The molecule has 2 N–H and O–H groups in total. The molecule has 2 heterocycles. The van der Waals surface area contributed by atoms with Crippen molar-refractivity contribution < 1.29 is 19.0 Å². The first-order valence-corrected chi connectivity index (χ1v) is 6.54. The van der Waals surface area contributed by atoms with E-state index in [0.717, 1.165) is 10.8 Å². The number of halogens is 1. The number of aliphatic hydroxyl groups is 1. The first kappa shape index (κ1) is 15.3. The Morgan fingerprint density at radius 3 is 2.95 bits per heavy atom. The molecule has 1 unspecified atom stereocenters. The fraction of sp³-hybridized carbons (Fsp3) is 0.462. The molecule has 8 heteroatoms. The lowest BCUT2D eigenvalue weighted by Gasteiger charge is -2.16. The van der Waals surface area contributed by atoms with Crippen LogP contribution in [0.5, 0.6) is 0 Å². The van der Waals surface area contributed by atoms with Gasteiger partial charge in [0.25, 0.3) is 0 Å². The topological polar surface area (TPSA) is 93.5 Å². The van der Waals surface area contributed by atoms with E-state index < -0.39 is 29.9 Å². The molecule has 0 saturated carbocycles. The maximum absolute atomic E-state index is 14.0. The van der Waals surface area contributed by atoms with Crippen LogP contribution in [0.2, 0.25) is 0 Å². The highest BCUT2D eigenvalue weighted by molar-refractivity contribution is 5.63. The highest BCUT2D eigenvalue weighted by Crippen LogP contribution is 2.20. The fourth-order valence-electron chi connectivity index (χ4n) is 1.89. The van der Waals surface area contributed by atoms with Gasteiger partial charge in [0.15, 0.2) is 17.9 Å². The lowest BCUT2D eigenvalue weighted by atomic mass is 10.2. The normalized spacial score (nSPS) is 22.2. The van der Waals surface area contributed by atoms with Crippen LogP contribution in [0.3, 0.4) is 0 Å². The molecule has 7 nitrogen and oxygen atoms in total. The van der Waals surface area contributed by atoms with Crippen LogP contribution in [-0.2, 0) is 9.53 Å². The summed E-state index contributed by atoms with van der Waals surface area (Å²) in [6, 6.07) is -0.608. The third kappa shape index (κ3) is 3.34. The molecular weight excluding hydrogens is 281 g/mol. The van der Waals surface area contributed by atoms with Crippen molar-refractivity contribution in [2.24, 2.45) is 0 Å². The Labute approximate surface area is 120 Å².